The average molecular weight is 336 g/mol. The molecular formula is C21H24N2O2. The second-order valence-electron chi connectivity index (χ2n) is 6.76. The van der Waals surface area contributed by atoms with Gasteiger partial charge < -0.3 is 10.6 Å². The molecule has 4 nitrogen and oxygen atoms in total. The number of para-hydroxylation sites is 1. The molecule has 3 rings (SSSR count). The Morgan fingerprint density at radius 3 is 2.08 bits per heavy atom. The van der Waals surface area contributed by atoms with Gasteiger partial charge in [0.25, 0.3) is 11.8 Å². The van der Waals surface area contributed by atoms with E-state index in [1.807, 2.05) is 32.0 Å². The summed E-state index contributed by atoms with van der Waals surface area (Å²) in [5, 5.41) is 6.02. The number of benzene rings is 2. The quantitative estimate of drug-likeness (QED) is 0.878. The van der Waals surface area contributed by atoms with Crippen molar-refractivity contribution in [1.82, 2.24) is 5.32 Å². The van der Waals surface area contributed by atoms with Crippen LogP contribution in [-0.2, 0) is 0 Å². The zero-order valence-corrected chi connectivity index (χ0v) is 14.8. The molecule has 0 saturated heterocycles. The van der Waals surface area contributed by atoms with Crippen LogP contribution in [0.5, 0.6) is 0 Å². The molecule has 25 heavy (non-hydrogen) atoms. The van der Waals surface area contributed by atoms with Gasteiger partial charge in [0.15, 0.2) is 0 Å². The van der Waals surface area contributed by atoms with Gasteiger partial charge >= 0.3 is 0 Å². The fourth-order valence-corrected chi connectivity index (χ4v) is 3.34. The first-order valence-corrected chi connectivity index (χ1v) is 8.83. The minimum Gasteiger partial charge on any atom is -0.349 e. The van der Waals surface area contributed by atoms with Crippen molar-refractivity contribution in [1.29, 1.82) is 0 Å². The van der Waals surface area contributed by atoms with E-state index < -0.39 is 0 Å². The number of hydrogen-bond acceptors (Lipinski definition) is 2. The van der Waals surface area contributed by atoms with E-state index >= 15 is 0 Å². The Morgan fingerprint density at radius 1 is 0.880 bits per heavy atom. The molecule has 1 aliphatic rings. The van der Waals surface area contributed by atoms with Gasteiger partial charge in [-0.2, -0.15) is 0 Å². The van der Waals surface area contributed by atoms with E-state index in [4.69, 9.17) is 0 Å². The largest absolute Gasteiger partial charge is 0.349 e. The van der Waals surface area contributed by atoms with Crippen molar-refractivity contribution in [2.75, 3.05) is 5.32 Å². The molecule has 0 aromatic heterocycles. The monoisotopic (exact) mass is 336 g/mol. The highest BCUT2D eigenvalue weighted by atomic mass is 16.2. The van der Waals surface area contributed by atoms with Gasteiger partial charge in [0.05, 0.1) is 0 Å². The Kier molecular flexibility index (Phi) is 5.17. The van der Waals surface area contributed by atoms with Crippen LogP contribution >= 0.6 is 0 Å². The Balaban J connectivity index is 1.74. The summed E-state index contributed by atoms with van der Waals surface area (Å²) in [7, 11) is 0. The van der Waals surface area contributed by atoms with Crippen LogP contribution in [0.4, 0.5) is 5.69 Å². The van der Waals surface area contributed by atoms with Crippen LogP contribution in [0.2, 0.25) is 0 Å². The molecule has 0 bridgehead atoms. The summed E-state index contributed by atoms with van der Waals surface area (Å²) >= 11 is 0. The summed E-state index contributed by atoms with van der Waals surface area (Å²) < 4.78 is 0. The lowest BCUT2D eigenvalue weighted by molar-refractivity contribution is 0.0938. The number of hydrogen-bond donors (Lipinski definition) is 2. The van der Waals surface area contributed by atoms with Crippen molar-refractivity contribution >= 4 is 17.5 Å². The van der Waals surface area contributed by atoms with Crippen LogP contribution < -0.4 is 10.6 Å². The molecule has 2 aromatic rings. The summed E-state index contributed by atoms with van der Waals surface area (Å²) in [6, 6.07) is 13.1. The van der Waals surface area contributed by atoms with Crippen molar-refractivity contribution in [2.24, 2.45) is 0 Å². The third-order valence-electron chi connectivity index (χ3n) is 4.80. The second kappa shape index (κ2) is 7.51. The lowest BCUT2D eigenvalue weighted by Gasteiger charge is -2.13. The smallest absolute Gasteiger partial charge is 0.255 e. The number of carbonyl (C=O) groups is 2. The van der Waals surface area contributed by atoms with Gasteiger partial charge in [0.1, 0.15) is 0 Å². The van der Waals surface area contributed by atoms with Crippen LogP contribution in [0.1, 0.15) is 57.5 Å². The number of carbonyl (C=O) groups excluding carboxylic acids is 2. The third kappa shape index (κ3) is 4.08. The maximum Gasteiger partial charge on any atom is 0.255 e. The van der Waals surface area contributed by atoms with Crippen LogP contribution in [0.3, 0.4) is 0 Å². The van der Waals surface area contributed by atoms with Crippen LogP contribution in [0.25, 0.3) is 0 Å². The van der Waals surface area contributed by atoms with Crippen LogP contribution in [-0.4, -0.2) is 17.9 Å². The maximum absolute atomic E-state index is 12.6. The molecule has 1 aliphatic carbocycles. The van der Waals surface area contributed by atoms with E-state index in [2.05, 4.69) is 10.6 Å². The normalized spacial score (nSPS) is 14.3. The van der Waals surface area contributed by atoms with Gasteiger partial charge in [-0.1, -0.05) is 37.1 Å². The molecule has 4 heteroatoms. The topological polar surface area (TPSA) is 58.2 Å². The minimum atomic E-state index is -0.201. The summed E-state index contributed by atoms with van der Waals surface area (Å²) in [4.78, 5) is 25.0. The molecule has 0 unspecified atom stereocenters. The predicted octanol–water partition coefficient (Wildman–Crippen LogP) is 4.23. The fraction of sp³-hybridized carbons (Fsp3) is 0.333. The average Bonchev–Trinajstić information content (AvgIpc) is 3.11. The van der Waals surface area contributed by atoms with Gasteiger partial charge in [0.2, 0.25) is 0 Å². The summed E-state index contributed by atoms with van der Waals surface area (Å²) in [6.45, 7) is 3.93. The molecule has 2 amide bonds. The van der Waals surface area contributed by atoms with E-state index in [9.17, 15) is 9.59 Å². The van der Waals surface area contributed by atoms with Gasteiger partial charge in [-0.25, -0.2) is 0 Å². The minimum absolute atomic E-state index is 0.103. The molecule has 2 aromatic carbocycles. The Hall–Kier alpha value is -2.62. The highest BCUT2D eigenvalue weighted by Gasteiger charge is 2.19. The Labute approximate surface area is 148 Å². The lowest BCUT2D eigenvalue weighted by Crippen LogP contribution is -2.32. The molecule has 1 saturated carbocycles. The van der Waals surface area contributed by atoms with Gasteiger partial charge in [0, 0.05) is 22.9 Å². The highest BCUT2D eigenvalue weighted by molar-refractivity contribution is 6.06. The van der Waals surface area contributed by atoms with Crippen molar-refractivity contribution in [2.45, 2.75) is 45.6 Å². The number of nitrogens with one attached hydrogen (secondary N) is 2. The van der Waals surface area contributed by atoms with Crippen molar-refractivity contribution in [3.8, 4) is 0 Å². The molecule has 0 radical (unpaired) electrons. The molecule has 130 valence electrons. The maximum atomic E-state index is 12.6. The summed E-state index contributed by atoms with van der Waals surface area (Å²) in [5.41, 5.74) is 3.88. The van der Waals surface area contributed by atoms with Gasteiger partial charge in [-0.3, -0.25) is 9.59 Å². The first-order valence-electron chi connectivity index (χ1n) is 8.83. The molecule has 2 N–H and O–H groups in total. The molecular weight excluding hydrogens is 312 g/mol. The Morgan fingerprint density at radius 2 is 1.44 bits per heavy atom. The molecule has 1 fully saturated rings. The Bertz CT molecular complexity index is 772. The highest BCUT2D eigenvalue weighted by Crippen LogP contribution is 2.21. The lowest BCUT2D eigenvalue weighted by atomic mass is 10.1. The zero-order valence-electron chi connectivity index (χ0n) is 14.8. The zero-order chi connectivity index (χ0) is 17.8. The molecule has 0 heterocycles. The van der Waals surface area contributed by atoms with Crippen LogP contribution in [0.15, 0.2) is 42.5 Å². The summed E-state index contributed by atoms with van der Waals surface area (Å²) in [6.07, 6.45) is 4.42. The number of rotatable bonds is 4. The number of anilines is 1. The molecule has 0 atom stereocenters. The van der Waals surface area contributed by atoms with Crippen molar-refractivity contribution < 1.29 is 9.59 Å². The van der Waals surface area contributed by atoms with E-state index in [-0.39, 0.29) is 17.9 Å². The first kappa shape index (κ1) is 17.2. The molecule has 0 aliphatic heterocycles. The van der Waals surface area contributed by atoms with Crippen LogP contribution in [0, 0.1) is 13.8 Å². The van der Waals surface area contributed by atoms with E-state index in [0.29, 0.717) is 11.1 Å². The van der Waals surface area contributed by atoms with E-state index in [0.717, 1.165) is 29.7 Å². The third-order valence-corrected chi connectivity index (χ3v) is 4.80. The fourth-order valence-electron chi connectivity index (χ4n) is 3.34. The van der Waals surface area contributed by atoms with E-state index in [1.54, 1.807) is 24.3 Å². The van der Waals surface area contributed by atoms with Gasteiger partial charge in [-0.15, -0.1) is 0 Å². The molecule has 0 spiro atoms. The van der Waals surface area contributed by atoms with Crippen molar-refractivity contribution in [3.05, 3.63) is 64.7 Å². The second-order valence-corrected chi connectivity index (χ2v) is 6.76. The number of amides is 2. The number of aryl methyl sites for hydroxylation is 2. The summed E-state index contributed by atoms with van der Waals surface area (Å²) in [5.74, 6) is -0.304. The van der Waals surface area contributed by atoms with Crippen molar-refractivity contribution in [3.63, 3.8) is 0 Å². The predicted molar refractivity (Wildman–Crippen MR) is 100 cm³/mol. The SMILES string of the molecule is Cc1cccc(C)c1NC(=O)c1cccc(C(=O)NC2CCCC2)c1. The van der Waals surface area contributed by atoms with E-state index in [1.165, 1.54) is 12.8 Å². The van der Waals surface area contributed by atoms with Gasteiger partial charge in [-0.05, 0) is 56.0 Å². The first-order chi connectivity index (χ1) is 12.0. The standard InChI is InChI=1S/C21H24N2O2/c1-14-7-5-8-15(2)19(14)23-21(25)17-10-6-9-16(13-17)20(24)22-18-11-3-4-12-18/h5-10,13,18H,3-4,11-12H2,1-2H3,(H,22,24)(H,23,25).